The Morgan fingerprint density at radius 3 is 2.60 bits per heavy atom. The fourth-order valence-electron chi connectivity index (χ4n) is 1.61. The van der Waals surface area contributed by atoms with E-state index in [1.165, 1.54) is 0 Å². The van der Waals surface area contributed by atoms with Crippen LogP contribution >= 0.6 is 0 Å². The zero-order chi connectivity index (χ0) is 11.0. The van der Waals surface area contributed by atoms with Crippen molar-refractivity contribution >= 4 is 17.5 Å². The molecule has 3 N–H and O–H groups in total. The second-order valence-electron chi connectivity index (χ2n) is 3.62. The number of amides is 2. The summed E-state index contributed by atoms with van der Waals surface area (Å²) < 4.78 is 0. The van der Waals surface area contributed by atoms with Crippen LogP contribution in [0, 0.1) is 13.8 Å². The SMILES string of the molecule is Cc1n[nH]c(C)c1NC1CC(=O)NC1=O. The zero-order valence-electron chi connectivity index (χ0n) is 8.55. The van der Waals surface area contributed by atoms with Crippen LogP contribution in [-0.2, 0) is 9.59 Å². The molecule has 1 atom stereocenters. The van der Waals surface area contributed by atoms with Crippen LogP contribution in [0.15, 0.2) is 0 Å². The standard InChI is InChI=1S/C9H12N4O2/c1-4-8(5(2)13-12-4)10-6-3-7(14)11-9(6)15/h6,10H,3H2,1-2H3,(H,12,13)(H,11,14,15). The summed E-state index contributed by atoms with van der Waals surface area (Å²) in [5, 5.41) is 12.1. The number of hydrogen-bond donors (Lipinski definition) is 3. The van der Waals surface area contributed by atoms with Crippen LogP contribution in [0.25, 0.3) is 0 Å². The molecule has 2 heterocycles. The highest BCUT2D eigenvalue weighted by atomic mass is 16.2. The van der Waals surface area contributed by atoms with E-state index >= 15 is 0 Å². The summed E-state index contributed by atoms with van der Waals surface area (Å²) in [6, 6.07) is -0.479. The normalized spacial score (nSPS) is 20.5. The van der Waals surface area contributed by atoms with Gasteiger partial charge in [-0.05, 0) is 13.8 Å². The molecule has 1 unspecified atom stereocenters. The lowest BCUT2D eigenvalue weighted by Gasteiger charge is -2.10. The van der Waals surface area contributed by atoms with Gasteiger partial charge in [-0.1, -0.05) is 0 Å². The van der Waals surface area contributed by atoms with Crippen molar-refractivity contribution in [1.29, 1.82) is 0 Å². The molecule has 0 saturated carbocycles. The highest BCUT2D eigenvalue weighted by Crippen LogP contribution is 2.19. The molecule has 1 aliphatic heterocycles. The summed E-state index contributed by atoms with van der Waals surface area (Å²) in [6.45, 7) is 3.69. The first-order chi connectivity index (χ1) is 7.08. The quantitative estimate of drug-likeness (QED) is 0.590. The van der Waals surface area contributed by atoms with Gasteiger partial charge < -0.3 is 5.32 Å². The summed E-state index contributed by atoms with van der Waals surface area (Å²) in [4.78, 5) is 22.3. The fourth-order valence-corrected chi connectivity index (χ4v) is 1.61. The fraction of sp³-hybridized carbons (Fsp3) is 0.444. The number of carbonyl (C=O) groups excluding carboxylic acids is 2. The Balaban J connectivity index is 2.16. The molecule has 1 aromatic rings. The molecular weight excluding hydrogens is 196 g/mol. The Morgan fingerprint density at radius 2 is 2.13 bits per heavy atom. The first-order valence-electron chi connectivity index (χ1n) is 4.69. The Hall–Kier alpha value is -1.85. The molecule has 6 nitrogen and oxygen atoms in total. The molecule has 1 aromatic heterocycles. The van der Waals surface area contributed by atoms with Gasteiger partial charge in [-0.2, -0.15) is 5.10 Å². The van der Waals surface area contributed by atoms with Crippen molar-refractivity contribution in [3.8, 4) is 0 Å². The van der Waals surface area contributed by atoms with E-state index in [9.17, 15) is 9.59 Å². The third-order valence-electron chi connectivity index (χ3n) is 2.42. The van der Waals surface area contributed by atoms with Gasteiger partial charge in [0.15, 0.2) is 0 Å². The van der Waals surface area contributed by atoms with E-state index in [0.717, 1.165) is 17.1 Å². The molecule has 0 bridgehead atoms. The molecule has 0 aliphatic carbocycles. The Morgan fingerprint density at radius 1 is 1.40 bits per heavy atom. The Kier molecular flexibility index (Phi) is 2.18. The van der Waals surface area contributed by atoms with Crippen molar-refractivity contribution < 1.29 is 9.59 Å². The van der Waals surface area contributed by atoms with Crippen molar-refractivity contribution in [2.45, 2.75) is 26.3 Å². The van der Waals surface area contributed by atoms with Crippen molar-refractivity contribution in [3.63, 3.8) is 0 Å². The molecule has 0 spiro atoms. The number of carbonyl (C=O) groups is 2. The third-order valence-corrected chi connectivity index (χ3v) is 2.42. The maximum Gasteiger partial charge on any atom is 0.249 e. The minimum atomic E-state index is -0.479. The molecule has 1 aliphatic rings. The number of nitrogens with zero attached hydrogens (tertiary/aromatic N) is 1. The summed E-state index contributed by atoms with van der Waals surface area (Å²) in [5.41, 5.74) is 2.45. The molecule has 80 valence electrons. The van der Waals surface area contributed by atoms with Gasteiger partial charge in [0.1, 0.15) is 6.04 Å². The van der Waals surface area contributed by atoms with Gasteiger partial charge in [0, 0.05) is 0 Å². The molecule has 0 aromatic carbocycles. The molecule has 15 heavy (non-hydrogen) atoms. The lowest BCUT2D eigenvalue weighted by Crippen LogP contribution is -2.30. The number of hydrogen-bond acceptors (Lipinski definition) is 4. The molecule has 2 amide bonds. The molecule has 0 radical (unpaired) electrons. The lowest BCUT2D eigenvalue weighted by molar-refractivity contribution is -0.124. The lowest BCUT2D eigenvalue weighted by atomic mass is 10.2. The number of aryl methyl sites for hydroxylation is 2. The van der Waals surface area contributed by atoms with Gasteiger partial charge in [-0.3, -0.25) is 20.0 Å². The third kappa shape index (κ3) is 1.70. The average molecular weight is 208 g/mol. The van der Waals surface area contributed by atoms with E-state index in [1.54, 1.807) is 0 Å². The van der Waals surface area contributed by atoms with E-state index in [0.29, 0.717) is 0 Å². The van der Waals surface area contributed by atoms with Crippen molar-refractivity contribution in [3.05, 3.63) is 11.4 Å². The Labute approximate surface area is 86.4 Å². The molecule has 1 saturated heterocycles. The van der Waals surface area contributed by atoms with Crippen LogP contribution in [0.2, 0.25) is 0 Å². The maximum absolute atomic E-state index is 11.3. The highest BCUT2D eigenvalue weighted by molar-refractivity contribution is 6.06. The van der Waals surface area contributed by atoms with Crippen LogP contribution in [0.1, 0.15) is 17.8 Å². The molecule has 2 rings (SSSR count). The summed E-state index contributed by atoms with van der Waals surface area (Å²) >= 11 is 0. The van der Waals surface area contributed by atoms with E-state index in [2.05, 4.69) is 20.8 Å². The second kappa shape index (κ2) is 3.38. The number of H-pyrrole nitrogens is 1. The molecular formula is C9H12N4O2. The van der Waals surface area contributed by atoms with Gasteiger partial charge in [-0.15, -0.1) is 0 Å². The number of anilines is 1. The van der Waals surface area contributed by atoms with E-state index < -0.39 is 6.04 Å². The van der Waals surface area contributed by atoms with Gasteiger partial charge in [0.25, 0.3) is 0 Å². The van der Waals surface area contributed by atoms with E-state index in [-0.39, 0.29) is 18.2 Å². The monoisotopic (exact) mass is 208 g/mol. The summed E-state index contributed by atoms with van der Waals surface area (Å²) in [7, 11) is 0. The smallest absolute Gasteiger partial charge is 0.249 e. The van der Waals surface area contributed by atoms with Gasteiger partial charge in [0.05, 0.1) is 23.5 Å². The number of aromatic nitrogens is 2. The number of rotatable bonds is 2. The summed E-state index contributed by atoms with van der Waals surface area (Å²) in [6.07, 6.45) is 0.183. The first-order valence-corrected chi connectivity index (χ1v) is 4.69. The minimum Gasteiger partial charge on any atom is -0.370 e. The predicted molar refractivity (Wildman–Crippen MR) is 53.2 cm³/mol. The van der Waals surface area contributed by atoms with Gasteiger partial charge in [0.2, 0.25) is 11.8 Å². The minimum absolute atomic E-state index is 0.183. The van der Waals surface area contributed by atoms with Crippen LogP contribution < -0.4 is 10.6 Å². The summed E-state index contributed by atoms with van der Waals surface area (Å²) in [5.74, 6) is -0.517. The first kappa shape index (κ1) is 9.70. The highest BCUT2D eigenvalue weighted by Gasteiger charge is 2.31. The van der Waals surface area contributed by atoms with Crippen LogP contribution in [0.3, 0.4) is 0 Å². The second-order valence-corrected chi connectivity index (χ2v) is 3.62. The van der Waals surface area contributed by atoms with Crippen LogP contribution in [-0.4, -0.2) is 28.1 Å². The number of aromatic amines is 1. The average Bonchev–Trinajstić information content (AvgIpc) is 2.63. The van der Waals surface area contributed by atoms with Crippen LogP contribution in [0.5, 0.6) is 0 Å². The van der Waals surface area contributed by atoms with Crippen LogP contribution in [0.4, 0.5) is 5.69 Å². The van der Waals surface area contributed by atoms with Crippen molar-refractivity contribution in [1.82, 2.24) is 15.5 Å². The topological polar surface area (TPSA) is 86.9 Å². The van der Waals surface area contributed by atoms with Gasteiger partial charge >= 0.3 is 0 Å². The van der Waals surface area contributed by atoms with Crippen molar-refractivity contribution in [2.24, 2.45) is 0 Å². The number of nitrogens with one attached hydrogen (secondary N) is 3. The van der Waals surface area contributed by atoms with Gasteiger partial charge in [-0.25, -0.2) is 0 Å². The van der Waals surface area contributed by atoms with E-state index in [1.807, 2.05) is 13.8 Å². The number of imide groups is 1. The molecule has 1 fully saturated rings. The predicted octanol–water partition coefficient (Wildman–Crippen LogP) is -0.146. The van der Waals surface area contributed by atoms with E-state index in [4.69, 9.17) is 0 Å². The maximum atomic E-state index is 11.3. The van der Waals surface area contributed by atoms with Crippen molar-refractivity contribution in [2.75, 3.05) is 5.32 Å². The largest absolute Gasteiger partial charge is 0.370 e. The zero-order valence-corrected chi connectivity index (χ0v) is 8.55. The molecule has 6 heteroatoms. The Bertz CT molecular complexity index is 404.